The number of carbonyl (C=O) groups is 1. The van der Waals surface area contributed by atoms with Crippen LogP contribution in [0.2, 0.25) is 0 Å². The first kappa shape index (κ1) is 18.9. The van der Waals surface area contributed by atoms with Crippen LogP contribution in [0.4, 0.5) is 23.7 Å². The number of rotatable bonds is 5. The van der Waals surface area contributed by atoms with Crippen molar-refractivity contribution in [1.82, 2.24) is 15.3 Å². The Kier molecular flexibility index (Phi) is 5.48. The van der Waals surface area contributed by atoms with Crippen molar-refractivity contribution in [3.05, 3.63) is 47.0 Å². The number of hydrogen-bond donors (Lipinski definition) is 2. The second kappa shape index (κ2) is 7.81. The van der Waals surface area contributed by atoms with Gasteiger partial charge < -0.3 is 15.4 Å². The average molecular weight is 380 g/mol. The van der Waals surface area contributed by atoms with E-state index in [0.29, 0.717) is 12.2 Å². The third kappa shape index (κ3) is 5.08. The van der Waals surface area contributed by atoms with Crippen LogP contribution >= 0.6 is 0 Å². The van der Waals surface area contributed by atoms with Crippen molar-refractivity contribution in [2.24, 2.45) is 0 Å². The summed E-state index contributed by atoms with van der Waals surface area (Å²) in [6.07, 6.45) is -1.38. The van der Waals surface area contributed by atoms with Crippen LogP contribution < -0.4 is 15.4 Å². The molecule has 27 heavy (non-hydrogen) atoms. The first-order valence-corrected chi connectivity index (χ1v) is 8.57. The van der Waals surface area contributed by atoms with Gasteiger partial charge in [0.2, 0.25) is 0 Å². The molecule has 2 aromatic rings. The summed E-state index contributed by atoms with van der Waals surface area (Å²) in [5.74, 6) is 0.173. The van der Waals surface area contributed by atoms with Gasteiger partial charge in [0.05, 0.1) is 5.69 Å². The quantitative estimate of drug-likeness (QED) is 0.832. The first-order chi connectivity index (χ1) is 12.8. The zero-order valence-electron chi connectivity index (χ0n) is 14.7. The lowest BCUT2D eigenvalue weighted by Gasteiger charge is -2.14. The van der Waals surface area contributed by atoms with Gasteiger partial charge in [-0.25, -0.2) is 14.8 Å². The molecule has 2 amide bonds. The number of halogens is 3. The summed E-state index contributed by atoms with van der Waals surface area (Å²) in [5.41, 5.74) is 3.18. The van der Waals surface area contributed by atoms with Crippen molar-refractivity contribution in [3.63, 3.8) is 0 Å². The Hall–Kier alpha value is -2.84. The van der Waals surface area contributed by atoms with Crippen LogP contribution in [-0.2, 0) is 19.3 Å². The van der Waals surface area contributed by atoms with E-state index in [0.717, 1.165) is 36.7 Å². The van der Waals surface area contributed by atoms with E-state index in [2.05, 4.69) is 25.3 Å². The number of aromatic nitrogens is 2. The van der Waals surface area contributed by atoms with Crippen LogP contribution in [0.5, 0.6) is 5.75 Å². The van der Waals surface area contributed by atoms with Gasteiger partial charge in [0.25, 0.3) is 0 Å². The van der Waals surface area contributed by atoms with Crippen molar-refractivity contribution in [3.8, 4) is 5.75 Å². The molecule has 1 aromatic carbocycles. The lowest BCUT2D eigenvalue weighted by atomic mass is 10.2. The van der Waals surface area contributed by atoms with E-state index in [1.165, 1.54) is 23.8 Å². The molecule has 0 atom stereocenters. The number of para-hydroxylation sites is 2. The van der Waals surface area contributed by atoms with Gasteiger partial charge in [-0.1, -0.05) is 12.1 Å². The van der Waals surface area contributed by atoms with Gasteiger partial charge in [0.1, 0.15) is 5.82 Å². The van der Waals surface area contributed by atoms with Crippen molar-refractivity contribution >= 4 is 11.7 Å². The van der Waals surface area contributed by atoms with Gasteiger partial charge in [0, 0.05) is 24.4 Å². The molecule has 0 saturated heterocycles. The minimum absolute atomic E-state index is 0.0723. The van der Waals surface area contributed by atoms with Crippen LogP contribution in [-0.4, -0.2) is 28.9 Å². The van der Waals surface area contributed by atoms with E-state index in [1.807, 2.05) is 6.92 Å². The molecule has 1 aromatic heterocycles. The second-order valence-electron chi connectivity index (χ2n) is 6.18. The highest BCUT2D eigenvalue weighted by molar-refractivity contribution is 5.90. The predicted octanol–water partition coefficient (Wildman–Crippen LogP) is 3.54. The Morgan fingerprint density at radius 1 is 1.22 bits per heavy atom. The number of hydrogen-bond acceptors (Lipinski definition) is 4. The SMILES string of the molecule is Cc1nc(CCNC(=O)Nc2ccccc2OC(F)(F)F)nc2c1CCC2. The molecule has 9 heteroatoms. The van der Waals surface area contributed by atoms with E-state index in [-0.39, 0.29) is 12.2 Å². The summed E-state index contributed by atoms with van der Waals surface area (Å²) in [6, 6.07) is 4.71. The predicted molar refractivity (Wildman–Crippen MR) is 92.6 cm³/mol. The highest BCUT2D eigenvalue weighted by atomic mass is 19.4. The Balaban J connectivity index is 1.54. The van der Waals surface area contributed by atoms with Crippen LogP contribution in [0.15, 0.2) is 24.3 Å². The summed E-state index contributed by atoms with van der Waals surface area (Å²) in [7, 11) is 0. The van der Waals surface area contributed by atoms with E-state index in [4.69, 9.17) is 0 Å². The summed E-state index contributed by atoms with van der Waals surface area (Å²) in [4.78, 5) is 20.9. The third-order valence-corrected chi connectivity index (χ3v) is 4.18. The molecule has 0 bridgehead atoms. The molecule has 6 nitrogen and oxygen atoms in total. The van der Waals surface area contributed by atoms with Gasteiger partial charge in [-0.15, -0.1) is 13.2 Å². The van der Waals surface area contributed by atoms with Gasteiger partial charge in [0.15, 0.2) is 5.75 Å². The molecule has 0 unspecified atom stereocenters. The minimum atomic E-state index is -4.84. The number of anilines is 1. The van der Waals surface area contributed by atoms with Crippen LogP contribution in [0, 0.1) is 6.92 Å². The minimum Gasteiger partial charge on any atom is -0.404 e. The molecule has 1 aliphatic rings. The maximum Gasteiger partial charge on any atom is 0.573 e. The molecule has 1 heterocycles. The Bertz CT molecular complexity index is 840. The molecule has 1 aliphatic carbocycles. The molecular formula is C18H19F3N4O2. The maximum atomic E-state index is 12.4. The standard InChI is InChI=1S/C18H19F3N4O2/c1-11-12-5-4-7-13(12)24-16(23-11)9-10-22-17(26)25-14-6-2-3-8-15(14)27-18(19,20)21/h2-3,6,8H,4-5,7,9-10H2,1H3,(H2,22,25,26). The molecule has 0 fully saturated rings. The highest BCUT2D eigenvalue weighted by Crippen LogP contribution is 2.29. The van der Waals surface area contributed by atoms with Crippen molar-refractivity contribution in [1.29, 1.82) is 0 Å². The zero-order chi connectivity index (χ0) is 19.4. The topological polar surface area (TPSA) is 76.1 Å². The van der Waals surface area contributed by atoms with Crippen molar-refractivity contribution in [2.75, 3.05) is 11.9 Å². The summed E-state index contributed by atoms with van der Waals surface area (Å²) in [6.45, 7) is 2.21. The van der Waals surface area contributed by atoms with E-state index >= 15 is 0 Å². The summed E-state index contributed by atoms with van der Waals surface area (Å²) < 4.78 is 41.1. The normalized spacial score (nSPS) is 13.2. The lowest BCUT2D eigenvalue weighted by molar-refractivity contribution is -0.274. The Morgan fingerprint density at radius 2 is 2.00 bits per heavy atom. The maximum absolute atomic E-state index is 12.4. The van der Waals surface area contributed by atoms with Gasteiger partial charge in [-0.05, 0) is 43.9 Å². The third-order valence-electron chi connectivity index (χ3n) is 4.18. The molecule has 3 rings (SSSR count). The number of alkyl halides is 3. The van der Waals surface area contributed by atoms with Crippen LogP contribution in [0.3, 0.4) is 0 Å². The summed E-state index contributed by atoms with van der Waals surface area (Å²) in [5, 5.41) is 4.95. The molecule has 0 saturated carbocycles. The average Bonchev–Trinajstić information content (AvgIpc) is 3.04. The number of fused-ring (bicyclic) bond motifs is 1. The number of carbonyl (C=O) groups excluding carboxylic acids is 1. The molecule has 0 radical (unpaired) electrons. The fourth-order valence-electron chi connectivity index (χ4n) is 3.03. The molecule has 2 N–H and O–H groups in total. The van der Waals surface area contributed by atoms with Gasteiger partial charge in [-0.2, -0.15) is 0 Å². The number of urea groups is 1. The van der Waals surface area contributed by atoms with E-state index < -0.39 is 18.1 Å². The fourth-order valence-corrected chi connectivity index (χ4v) is 3.03. The van der Waals surface area contributed by atoms with Crippen LogP contribution in [0.1, 0.15) is 29.2 Å². The largest absolute Gasteiger partial charge is 0.573 e. The van der Waals surface area contributed by atoms with Gasteiger partial charge in [-0.3, -0.25) is 0 Å². The molecule has 0 aliphatic heterocycles. The molecule has 144 valence electrons. The fraction of sp³-hybridized carbons (Fsp3) is 0.389. The Labute approximate surface area is 154 Å². The lowest BCUT2D eigenvalue weighted by Crippen LogP contribution is -2.31. The van der Waals surface area contributed by atoms with Crippen molar-refractivity contribution < 1.29 is 22.7 Å². The van der Waals surface area contributed by atoms with Crippen LogP contribution in [0.25, 0.3) is 0 Å². The highest BCUT2D eigenvalue weighted by Gasteiger charge is 2.32. The number of aryl methyl sites for hydroxylation is 2. The number of ether oxygens (including phenoxy) is 1. The first-order valence-electron chi connectivity index (χ1n) is 8.57. The molecule has 0 spiro atoms. The number of nitrogens with zero attached hydrogens (tertiary/aromatic N) is 2. The summed E-state index contributed by atoms with van der Waals surface area (Å²) >= 11 is 0. The smallest absolute Gasteiger partial charge is 0.404 e. The Morgan fingerprint density at radius 3 is 2.78 bits per heavy atom. The van der Waals surface area contributed by atoms with Crippen molar-refractivity contribution in [2.45, 2.75) is 39.0 Å². The molecular weight excluding hydrogens is 361 g/mol. The van der Waals surface area contributed by atoms with Gasteiger partial charge >= 0.3 is 12.4 Å². The number of benzene rings is 1. The van der Waals surface area contributed by atoms with E-state index in [1.54, 1.807) is 0 Å². The van der Waals surface area contributed by atoms with E-state index in [9.17, 15) is 18.0 Å². The zero-order valence-corrected chi connectivity index (χ0v) is 14.7. The number of amides is 2. The monoisotopic (exact) mass is 380 g/mol. The number of nitrogens with one attached hydrogen (secondary N) is 2. The second-order valence-corrected chi connectivity index (χ2v) is 6.18.